The van der Waals surface area contributed by atoms with Crippen molar-refractivity contribution in [2.24, 2.45) is 16.7 Å². The SMILES string of the molecule is CC.CC(C)(C)C(C)(C)C1CCCCC1=O. The van der Waals surface area contributed by atoms with E-state index in [0.717, 1.165) is 19.3 Å². The third kappa shape index (κ3) is 3.33. The Bertz CT molecular complexity index is 220. The lowest BCUT2D eigenvalue weighted by molar-refractivity contribution is -0.132. The lowest BCUT2D eigenvalue weighted by Crippen LogP contribution is -2.42. The first-order valence-corrected chi connectivity index (χ1v) is 6.79. The number of ketones is 1. The van der Waals surface area contributed by atoms with Crippen LogP contribution in [0.2, 0.25) is 0 Å². The van der Waals surface area contributed by atoms with E-state index in [1.807, 2.05) is 13.8 Å². The number of Topliss-reactive ketones (excluding diaryl/α,β-unsaturated/α-hetero) is 1. The van der Waals surface area contributed by atoms with Gasteiger partial charge in [0, 0.05) is 12.3 Å². The molecule has 1 heteroatoms. The van der Waals surface area contributed by atoms with E-state index in [1.165, 1.54) is 6.42 Å². The standard InChI is InChI=1S/C13H24O.C2H6/c1-12(2,3)13(4,5)10-8-6-7-9-11(10)14;1-2/h10H,6-9H2,1-5H3;1-2H3. The van der Waals surface area contributed by atoms with E-state index in [-0.39, 0.29) is 16.7 Å². The smallest absolute Gasteiger partial charge is 0.136 e. The second-order valence-electron chi connectivity index (χ2n) is 6.24. The molecule has 0 aromatic carbocycles. The monoisotopic (exact) mass is 226 g/mol. The molecule has 0 N–H and O–H groups in total. The summed E-state index contributed by atoms with van der Waals surface area (Å²) in [5, 5.41) is 0. The summed E-state index contributed by atoms with van der Waals surface area (Å²) in [7, 11) is 0. The molecule has 1 saturated carbocycles. The van der Waals surface area contributed by atoms with Crippen molar-refractivity contribution < 1.29 is 4.79 Å². The van der Waals surface area contributed by atoms with Gasteiger partial charge in [0.2, 0.25) is 0 Å². The number of rotatable bonds is 1. The van der Waals surface area contributed by atoms with Crippen LogP contribution in [0.5, 0.6) is 0 Å². The fraction of sp³-hybridized carbons (Fsp3) is 0.933. The second kappa shape index (κ2) is 5.84. The zero-order chi connectivity index (χ0) is 13.0. The van der Waals surface area contributed by atoms with Crippen LogP contribution in [0, 0.1) is 16.7 Å². The van der Waals surface area contributed by atoms with Gasteiger partial charge in [0.1, 0.15) is 5.78 Å². The fourth-order valence-electron chi connectivity index (χ4n) is 2.27. The predicted molar refractivity (Wildman–Crippen MR) is 71.5 cm³/mol. The van der Waals surface area contributed by atoms with Gasteiger partial charge in [-0.1, -0.05) is 54.9 Å². The van der Waals surface area contributed by atoms with Crippen LogP contribution in [0.4, 0.5) is 0 Å². The molecule has 0 radical (unpaired) electrons. The normalized spacial score (nSPS) is 22.4. The van der Waals surface area contributed by atoms with Crippen LogP contribution in [-0.4, -0.2) is 5.78 Å². The van der Waals surface area contributed by atoms with E-state index in [4.69, 9.17) is 0 Å². The van der Waals surface area contributed by atoms with Crippen molar-refractivity contribution in [1.82, 2.24) is 0 Å². The van der Waals surface area contributed by atoms with Gasteiger partial charge in [-0.05, 0) is 23.7 Å². The van der Waals surface area contributed by atoms with E-state index in [9.17, 15) is 4.79 Å². The predicted octanol–water partition coefficient (Wildman–Crippen LogP) is 4.84. The van der Waals surface area contributed by atoms with Gasteiger partial charge in [0.25, 0.3) is 0 Å². The third-order valence-corrected chi connectivity index (χ3v) is 4.36. The van der Waals surface area contributed by atoms with Crippen LogP contribution in [0.15, 0.2) is 0 Å². The Morgan fingerprint density at radius 3 is 1.88 bits per heavy atom. The van der Waals surface area contributed by atoms with Gasteiger partial charge in [-0.2, -0.15) is 0 Å². The summed E-state index contributed by atoms with van der Waals surface area (Å²) in [6.45, 7) is 15.2. The first-order valence-electron chi connectivity index (χ1n) is 6.79. The molecule has 1 unspecified atom stereocenters. The van der Waals surface area contributed by atoms with Crippen molar-refractivity contribution in [3.8, 4) is 0 Å². The van der Waals surface area contributed by atoms with Crippen LogP contribution in [0.3, 0.4) is 0 Å². The molecule has 0 heterocycles. The van der Waals surface area contributed by atoms with Crippen molar-refractivity contribution in [2.45, 2.75) is 74.1 Å². The molecule has 96 valence electrons. The minimum atomic E-state index is 0.129. The number of hydrogen-bond donors (Lipinski definition) is 0. The van der Waals surface area contributed by atoms with Crippen LogP contribution in [-0.2, 0) is 4.79 Å². The summed E-state index contributed by atoms with van der Waals surface area (Å²) >= 11 is 0. The highest BCUT2D eigenvalue weighted by Gasteiger charge is 2.43. The van der Waals surface area contributed by atoms with Crippen LogP contribution in [0.1, 0.15) is 74.1 Å². The molecule has 1 atom stereocenters. The van der Waals surface area contributed by atoms with Gasteiger partial charge in [-0.15, -0.1) is 0 Å². The van der Waals surface area contributed by atoms with Gasteiger partial charge in [0.15, 0.2) is 0 Å². The van der Waals surface area contributed by atoms with Crippen LogP contribution >= 0.6 is 0 Å². The number of hydrogen-bond acceptors (Lipinski definition) is 1. The average Bonchev–Trinajstić information content (AvgIpc) is 2.19. The van der Waals surface area contributed by atoms with Gasteiger partial charge >= 0.3 is 0 Å². The lowest BCUT2D eigenvalue weighted by atomic mass is 9.58. The zero-order valence-electron chi connectivity index (χ0n) is 12.3. The Hall–Kier alpha value is -0.330. The highest BCUT2D eigenvalue weighted by molar-refractivity contribution is 5.82. The molecule has 16 heavy (non-hydrogen) atoms. The summed E-state index contributed by atoms with van der Waals surface area (Å²) in [4.78, 5) is 11.9. The average molecular weight is 226 g/mol. The van der Waals surface area contributed by atoms with E-state index in [1.54, 1.807) is 0 Å². The minimum Gasteiger partial charge on any atom is -0.299 e. The Morgan fingerprint density at radius 1 is 1.00 bits per heavy atom. The summed E-state index contributed by atoms with van der Waals surface area (Å²) in [5.41, 5.74) is 0.342. The molecule has 1 aliphatic rings. The Kier molecular flexibility index (Phi) is 5.72. The Morgan fingerprint density at radius 2 is 1.50 bits per heavy atom. The summed E-state index contributed by atoms with van der Waals surface area (Å²) in [5.74, 6) is 0.785. The maximum absolute atomic E-state index is 11.9. The van der Waals surface area contributed by atoms with E-state index in [0.29, 0.717) is 5.78 Å². The Labute approximate surface area is 102 Å². The van der Waals surface area contributed by atoms with Gasteiger partial charge in [-0.3, -0.25) is 4.79 Å². The molecule has 1 nitrogen and oxygen atoms in total. The molecular weight excluding hydrogens is 196 g/mol. The first-order chi connectivity index (χ1) is 7.27. The maximum atomic E-state index is 11.9. The Balaban J connectivity index is 0.00000106. The lowest BCUT2D eigenvalue weighted by Gasteiger charge is -2.45. The van der Waals surface area contributed by atoms with Gasteiger partial charge < -0.3 is 0 Å². The third-order valence-electron chi connectivity index (χ3n) is 4.36. The van der Waals surface area contributed by atoms with Crippen molar-refractivity contribution in [3.05, 3.63) is 0 Å². The largest absolute Gasteiger partial charge is 0.299 e. The fourth-order valence-corrected chi connectivity index (χ4v) is 2.27. The quantitative estimate of drug-likeness (QED) is 0.625. The second-order valence-corrected chi connectivity index (χ2v) is 6.24. The highest BCUT2D eigenvalue weighted by Crippen LogP contribution is 2.47. The molecule has 0 saturated heterocycles. The van der Waals surface area contributed by atoms with Crippen molar-refractivity contribution >= 4 is 5.78 Å². The molecule has 1 rings (SSSR count). The molecule has 0 aromatic rings. The van der Waals surface area contributed by atoms with Crippen molar-refractivity contribution in [2.75, 3.05) is 0 Å². The molecule has 0 spiro atoms. The molecule has 1 fully saturated rings. The van der Waals surface area contributed by atoms with E-state index in [2.05, 4.69) is 34.6 Å². The zero-order valence-corrected chi connectivity index (χ0v) is 12.3. The molecule has 0 aromatic heterocycles. The van der Waals surface area contributed by atoms with E-state index >= 15 is 0 Å². The number of carbonyl (C=O) groups is 1. The highest BCUT2D eigenvalue weighted by atomic mass is 16.1. The minimum absolute atomic E-state index is 0.129. The van der Waals surface area contributed by atoms with E-state index < -0.39 is 0 Å². The van der Waals surface area contributed by atoms with Gasteiger partial charge in [-0.25, -0.2) is 0 Å². The van der Waals surface area contributed by atoms with Crippen LogP contribution in [0.25, 0.3) is 0 Å². The molecule has 0 aliphatic heterocycles. The molecule has 1 aliphatic carbocycles. The van der Waals surface area contributed by atoms with Crippen molar-refractivity contribution in [3.63, 3.8) is 0 Å². The number of carbonyl (C=O) groups excluding carboxylic acids is 1. The van der Waals surface area contributed by atoms with Crippen LogP contribution < -0.4 is 0 Å². The maximum Gasteiger partial charge on any atom is 0.136 e. The summed E-state index contributed by atoms with van der Waals surface area (Å²) < 4.78 is 0. The molecular formula is C15H30O. The molecule has 0 amide bonds. The summed E-state index contributed by atoms with van der Waals surface area (Å²) in [6, 6.07) is 0. The van der Waals surface area contributed by atoms with Gasteiger partial charge in [0.05, 0.1) is 0 Å². The molecule has 0 bridgehead atoms. The van der Waals surface area contributed by atoms with Crippen molar-refractivity contribution in [1.29, 1.82) is 0 Å². The first kappa shape index (κ1) is 15.7. The summed E-state index contributed by atoms with van der Waals surface area (Å²) in [6.07, 6.45) is 4.25. The topological polar surface area (TPSA) is 17.1 Å².